The molecule has 8 heteroatoms. The maximum absolute atomic E-state index is 13.2. The molecule has 4 rings (SSSR count). The number of benzene rings is 2. The molecule has 1 aliphatic heterocycles. The predicted molar refractivity (Wildman–Crippen MR) is 111 cm³/mol. The van der Waals surface area contributed by atoms with Gasteiger partial charge in [0.2, 0.25) is 5.91 Å². The van der Waals surface area contributed by atoms with Gasteiger partial charge in [-0.25, -0.2) is 4.68 Å². The molecule has 29 heavy (non-hydrogen) atoms. The number of carbonyl (C=O) groups is 2. The normalized spacial score (nSPS) is 13.2. The van der Waals surface area contributed by atoms with Crippen molar-refractivity contribution in [3.63, 3.8) is 0 Å². The van der Waals surface area contributed by atoms with E-state index in [0.717, 1.165) is 17.1 Å². The molecule has 0 saturated heterocycles. The summed E-state index contributed by atoms with van der Waals surface area (Å²) in [5.41, 5.74) is 2.54. The molecule has 1 aromatic heterocycles. The van der Waals surface area contributed by atoms with Crippen molar-refractivity contribution < 1.29 is 14.3 Å². The zero-order valence-electron chi connectivity index (χ0n) is 15.8. The van der Waals surface area contributed by atoms with Gasteiger partial charge in [0.05, 0.1) is 12.8 Å². The standard InChI is InChI=1S/C21H19ClN4O3/c1-29-16-9-7-14(8-10-16)25-12-11-17-19(21(25)28)24-26(15-5-3-2-4-6-15)20(17)23-18(27)13-22/h2-10H,11-13H2,1H3,(H,23,27). The van der Waals surface area contributed by atoms with Crippen LogP contribution in [0, 0.1) is 0 Å². The highest BCUT2D eigenvalue weighted by Crippen LogP contribution is 2.31. The number of hydrogen-bond acceptors (Lipinski definition) is 4. The number of amides is 2. The van der Waals surface area contributed by atoms with Gasteiger partial charge < -0.3 is 15.0 Å². The zero-order valence-corrected chi connectivity index (χ0v) is 16.5. The molecule has 2 amide bonds. The molecule has 1 aliphatic rings. The Kier molecular flexibility index (Phi) is 5.22. The van der Waals surface area contributed by atoms with Crippen molar-refractivity contribution in [1.82, 2.24) is 9.78 Å². The molecule has 0 radical (unpaired) electrons. The minimum Gasteiger partial charge on any atom is -0.497 e. The molecule has 0 saturated carbocycles. The van der Waals surface area contributed by atoms with E-state index in [4.69, 9.17) is 16.3 Å². The van der Waals surface area contributed by atoms with Gasteiger partial charge in [-0.15, -0.1) is 11.6 Å². The Balaban J connectivity index is 1.75. The first kappa shape index (κ1) is 19.0. The molecular formula is C21H19ClN4O3. The molecule has 1 N–H and O–H groups in total. The first-order valence-corrected chi connectivity index (χ1v) is 9.65. The smallest absolute Gasteiger partial charge is 0.279 e. The van der Waals surface area contributed by atoms with Gasteiger partial charge in [-0.2, -0.15) is 5.10 Å². The Morgan fingerprint density at radius 2 is 1.86 bits per heavy atom. The Hall–Kier alpha value is -3.32. The van der Waals surface area contributed by atoms with E-state index in [1.807, 2.05) is 54.6 Å². The van der Waals surface area contributed by atoms with Crippen molar-refractivity contribution in [2.24, 2.45) is 0 Å². The lowest BCUT2D eigenvalue weighted by Gasteiger charge is -2.26. The fourth-order valence-corrected chi connectivity index (χ4v) is 3.44. The Bertz CT molecular complexity index is 1050. The highest BCUT2D eigenvalue weighted by atomic mass is 35.5. The number of nitrogens with one attached hydrogen (secondary N) is 1. The van der Waals surface area contributed by atoms with E-state index in [1.54, 1.807) is 16.7 Å². The van der Waals surface area contributed by atoms with Gasteiger partial charge in [0.15, 0.2) is 5.69 Å². The van der Waals surface area contributed by atoms with Crippen molar-refractivity contribution in [2.75, 3.05) is 29.8 Å². The summed E-state index contributed by atoms with van der Waals surface area (Å²) in [5.74, 6) is 0.461. The third-order valence-electron chi connectivity index (χ3n) is 4.78. The van der Waals surface area contributed by atoms with Crippen molar-refractivity contribution in [1.29, 1.82) is 0 Å². The van der Waals surface area contributed by atoms with E-state index >= 15 is 0 Å². The van der Waals surface area contributed by atoms with Crippen molar-refractivity contribution in [3.8, 4) is 11.4 Å². The monoisotopic (exact) mass is 410 g/mol. The van der Waals surface area contributed by atoms with Gasteiger partial charge in [0, 0.05) is 17.8 Å². The van der Waals surface area contributed by atoms with Crippen LogP contribution in [0.15, 0.2) is 54.6 Å². The van der Waals surface area contributed by atoms with Gasteiger partial charge in [-0.3, -0.25) is 9.59 Å². The summed E-state index contributed by atoms with van der Waals surface area (Å²) in [6.07, 6.45) is 0.553. The van der Waals surface area contributed by atoms with E-state index in [1.165, 1.54) is 0 Å². The minimum absolute atomic E-state index is 0.180. The number of alkyl halides is 1. The van der Waals surface area contributed by atoms with Gasteiger partial charge in [0.1, 0.15) is 17.4 Å². The highest BCUT2D eigenvalue weighted by Gasteiger charge is 2.33. The summed E-state index contributed by atoms with van der Waals surface area (Å²) in [6.45, 7) is 0.475. The first-order chi connectivity index (χ1) is 14.1. The molecule has 0 unspecified atom stereocenters. The van der Waals surface area contributed by atoms with Crippen LogP contribution < -0.4 is 15.0 Å². The summed E-state index contributed by atoms with van der Waals surface area (Å²) in [5, 5.41) is 7.34. The molecule has 0 aliphatic carbocycles. The Morgan fingerprint density at radius 1 is 1.14 bits per heavy atom. The number of anilines is 2. The number of hydrogen-bond donors (Lipinski definition) is 1. The fourth-order valence-electron chi connectivity index (χ4n) is 3.37. The number of rotatable bonds is 5. The first-order valence-electron chi connectivity index (χ1n) is 9.11. The highest BCUT2D eigenvalue weighted by molar-refractivity contribution is 6.29. The quantitative estimate of drug-likeness (QED) is 0.655. The van der Waals surface area contributed by atoms with E-state index in [9.17, 15) is 9.59 Å². The van der Waals surface area contributed by atoms with Crippen LogP contribution >= 0.6 is 11.6 Å². The van der Waals surface area contributed by atoms with Gasteiger partial charge in [-0.1, -0.05) is 18.2 Å². The largest absolute Gasteiger partial charge is 0.497 e. The molecule has 2 aromatic carbocycles. The van der Waals surface area contributed by atoms with Crippen LogP contribution in [-0.4, -0.2) is 41.1 Å². The number of nitrogens with zero attached hydrogens (tertiary/aromatic N) is 3. The SMILES string of the molecule is COc1ccc(N2CCc3c(nn(-c4ccccc4)c3NC(=O)CCl)C2=O)cc1. The summed E-state index contributed by atoms with van der Waals surface area (Å²) < 4.78 is 6.77. The van der Waals surface area contributed by atoms with Crippen LogP contribution in [0.3, 0.4) is 0 Å². The number of methoxy groups -OCH3 is 1. The van der Waals surface area contributed by atoms with Gasteiger partial charge in [-0.05, 0) is 42.8 Å². The lowest BCUT2D eigenvalue weighted by Crippen LogP contribution is -2.37. The molecule has 0 spiro atoms. The van der Waals surface area contributed by atoms with Crippen LogP contribution in [0.5, 0.6) is 5.75 Å². The zero-order chi connectivity index (χ0) is 20.4. The number of aromatic nitrogens is 2. The van der Waals surface area contributed by atoms with Crippen molar-refractivity contribution in [2.45, 2.75) is 6.42 Å². The van der Waals surface area contributed by atoms with Gasteiger partial charge >= 0.3 is 0 Å². The molecule has 148 valence electrons. The average Bonchev–Trinajstić information content (AvgIpc) is 3.14. The molecule has 0 fully saturated rings. The topological polar surface area (TPSA) is 76.5 Å². The average molecular weight is 411 g/mol. The minimum atomic E-state index is -0.350. The lowest BCUT2D eigenvalue weighted by atomic mass is 10.0. The summed E-state index contributed by atoms with van der Waals surface area (Å²) in [7, 11) is 1.60. The van der Waals surface area contributed by atoms with Crippen LogP contribution in [0.2, 0.25) is 0 Å². The predicted octanol–water partition coefficient (Wildman–Crippen LogP) is 3.26. The lowest BCUT2D eigenvalue weighted by molar-refractivity contribution is -0.114. The molecule has 3 aromatic rings. The number of ether oxygens (including phenoxy) is 1. The number of para-hydroxylation sites is 1. The Labute approximate surface area is 172 Å². The van der Waals surface area contributed by atoms with Gasteiger partial charge in [0.25, 0.3) is 5.91 Å². The van der Waals surface area contributed by atoms with Crippen LogP contribution in [0.1, 0.15) is 16.1 Å². The molecule has 2 heterocycles. The van der Waals surface area contributed by atoms with E-state index in [-0.39, 0.29) is 17.7 Å². The van der Waals surface area contributed by atoms with Crippen LogP contribution in [0.4, 0.5) is 11.5 Å². The van der Waals surface area contributed by atoms with E-state index in [0.29, 0.717) is 30.0 Å². The number of carbonyl (C=O) groups excluding carboxylic acids is 2. The summed E-state index contributed by atoms with van der Waals surface area (Å²) in [4.78, 5) is 26.9. The van der Waals surface area contributed by atoms with Crippen molar-refractivity contribution >= 4 is 34.9 Å². The van der Waals surface area contributed by atoms with Crippen LogP contribution in [0.25, 0.3) is 5.69 Å². The third kappa shape index (κ3) is 3.56. The molecule has 0 bridgehead atoms. The maximum atomic E-state index is 13.2. The molecular weight excluding hydrogens is 392 g/mol. The second kappa shape index (κ2) is 7.97. The van der Waals surface area contributed by atoms with Crippen LogP contribution in [-0.2, 0) is 11.2 Å². The van der Waals surface area contributed by atoms with Crippen molar-refractivity contribution in [3.05, 3.63) is 65.9 Å². The second-order valence-corrected chi connectivity index (χ2v) is 6.78. The Morgan fingerprint density at radius 3 is 2.52 bits per heavy atom. The third-order valence-corrected chi connectivity index (χ3v) is 5.02. The van der Waals surface area contributed by atoms with E-state index in [2.05, 4.69) is 10.4 Å². The van der Waals surface area contributed by atoms with E-state index < -0.39 is 0 Å². The summed E-state index contributed by atoms with van der Waals surface area (Å²) in [6, 6.07) is 16.7. The number of halogens is 1. The molecule has 7 nitrogen and oxygen atoms in total. The maximum Gasteiger partial charge on any atom is 0.279 e. The fraction of sp³-hybridized carbons (Fsp3) is 0.190. The molecule has 0 atom stereocenters. The summed E-state index contributed by atoms with van der Waals surface area (Å²) >= 11 is 5.68. The number of fused-ring (bicyclic) bond motifs is 1. The second-order valence-electron chi connectivity index (χ2n) is 6.51.